The summed E-state index contributed by atoms with van der Waals surface area (Å²) in [5.74, 6) is 1.04. The maximum Gasteiger partial charge on any atom is 0.253 e. The highest BCUT2D eigenvalue weighted by Crippen LogP contribution is 2.38. The molecule has 0 saturated heterocycles. The molecule has 8 heteroatoms. The highest BCUT2D eigenvalue weighted by Gasteiger charge is 2.33. The number of rotatable bonds is 7. The molecular weight excluding hydrogens is 435 g/mol. The number of nitrogens with zero attached hydrogens (tertiary/aromatic N) is 2. The molecule has 2 heterocycles. The van der Waals surface area contributed by atoms with E-state index in [-0.39, 0.29) is 23.5 Å². The van der Waals surface area contributed by atoms with Gasteiger partial charge in [0.2, 0.25) is 0 Å². The van der Waals surface area contributed by atoms with Crippen LogP contribution in [0.2, 0.25) is 0 Å². The summed E-state index contributed by atoms with van der Waals surface area (Å²) in [6.45, 7) is 0. The van der Waals surface area contributed by atoms with Gasteiger partial charge in [-0.15, -0.1) is 23.1 Å². The number of benzene rings is 2. The molecule has 4 rings (SSSR count). The quantitative estimate of drug-likeness (QED) is 0.448. The predicted octanol–water partition coefficient (Wildman–Crippen LogP) is 5.37. The minimum absolute atomic E-state index is 0.110. The van der Waals surface area contributed by atoms with Crippen molar-refractivity contribution in [3.05, 3.63) is 76.2 Å². The monoisotopic (exact) mass is 456 g/mol. The molecule has 1 amide bonds. The normalized spacial score (nSPS) is 15.6. The second-order valence-corrected chi connectivity index (χ2v) is 8.84. The molecule has 0 radical (unpaired) electrons. The van der Waals surface area contributed by atoms with Crippen LogP contribution >= 0.6 is 23.1 Å². The third-order valence-electron chi connectivity index (χ3n) is 4.94. The smallest absolute Gasteiger partial charge is 0.253 e. The predicted molar refractivity (Wildman–Crippen MR) is 122 cm³/mol. The lowest BCUT2D eigenvalue weighted by molar-refractivity contribution is -0.130. The second kappa shape index (κ2) is 9.53. The number of amides is 1. The van der Waals surface area contributed by atoms with Gasteiger partial charge in [-0.25, -0.2) is 9.40 Å². The summed E-state index contributed by atoms with van der Waals surface area (Å²) in [5, 5.41) is 8.24. The third-order valence-corrected chi connectivity index (χ3v) is 6.86. The van der Waals surface area contributed by atoms with E-state index in [1.54, 1.807) is 42.7 Å². The highest BCUT2D eigenvalue weighted by molar-refractivity contribution is 8.00. The Balaban J connectivity index is 1.59. The maximum atomic E-state index is 13.1. The van der Waals surface area contributed by atoms with E-state index >= 15 is 0 Å². The Morgan fingerprint density at radius 1 is 1.16 bits per heavy atom. The van der Waals surface area contributed by atoms with E-state index < -0.39 is 0 Å². The van der Waals surface area contributed by atoms with Crippen molar-refractivity contribution in [2.45, 2.75) is 17.4 Å². The van der Waals surface area contributed by atoms with Gasteiger partial charge in [-0.3, -0.25) is 4.79 Å². The van der Waals surface area contributed by atoms with Crippen LogP contribution < -0.4 is 9.47 Å². The number of hydrazone groups is 1. The Hall–Kier alpha value is -2.84. The SMILES string of the molecule is COc1ccc(C2CC(c3cccs3)=NN2C(=O)CSc2ccc(F)cc2)cc1OC. The molecule has 2 aromatic carbocycles. The average molecular weight is 457 g/mol. The van der Waals surface area contributed by atoms with Crippen molar-refractivity contribution in [2.24, 2.45) is 5.10 Å². The van der Waals surface area contributed by atoms with Gasteiger partial charge in [0, 0.05) is 11.3 Å². The molecule has 3 aromatic rings. The Labute approximate surface area is 188 Å². The van der Waals surface area contributed by atoms with E-state index in [4.69, 9.17) is 9.47 Å². The van der Waals surface area contributed by atoms with Crippen molar-refractivity contribution in [3.63, 3.8) is 0 Å². The van der Waals surface area contributed by atoms with Crippen LogP contribution in [0.25, 0.3) is 0 Å². The van der Waals surface area contributed by atoms with Crippen LogP contribution in [0, 0.1) is 5.82 Å². The Bertz CT molecular complexity index is 1080. The summed E-state index contributed by atoms with van der Waals surface area (Å²) >= 11 is 2.97. The molecular formula is C23H21FN2O3S2. The first-order chi connectivity index (χ1) is 15.1. The van der Waals surface area contributed by atoms with E-state index in [2.05, 4.69) is 5.10 Å². The third kappa shape index (κ3) is 4.75. The first-order valence-corrected chi connectivity index (χ1v) is 11.5. The van der Waals surface area contributed by atoms with E-state index in [0.717, 1.165) is 21.0 Å². The number of methoxy groups -OCH3 is 2. The fourth-order valence-electron chi connectivity index (χ4n) is 3.39. The molecule has 1 aliphatic rings. The van der Waals surface area contributed by atoms with Crippen LogP contribution in [0.1, 0.15) is 22.9 Å². The van der Waals surface area contributed by atoms with Crippen molar-refractivity contribution in [2.75, 3.05) is 20.0 Å². The van der Waals surface area contributed by atoms with Gasteiger partial charge in [-0.1, -0.05) is 12.1 Å². The van der Waals surface area contributed by atoms with Crippen LogP contribution in [0.15, 0.2) is 70.0 Å². The van der Waals surface area contributed by atoms with Crippen LogP contribution in [0.3, 0.4) is 0 Å². The van der Waals surface area contributed by atoms with E-state index in [9.17, 15) is 9.18 Å². The topological polar surface area (TPSA) is 51.1 Å². The molecule has 0 aliphatic carbocycles. The molecule has 0 bridgehead atoms. The minimum Gasteiger partial charge on any atom is -0.493 e. The van der Waals surface area contributed by atoms with Crippen LogP contribution in [0.4, 0.5) is 4.39 Å². The number of carbonyl (C=O) groups is 1. The molecule has 0 N–H and O–H groups in total. The van der Waals surface area contributed by atoms with Gasteiger partial charge in [-0.05, 0) is 53.4 Å². The zero-order valence-electron chi connectivity index (χ0n) is 17.1. The Morgan fingerprint density at radius 2 is 1.94 bits per heavy atom. The molecule has 1 aliphatic heterocycles. The van der Waals surface area contributed by atoms with Crippen molar-refractivity contribution in [1.82, 2.24) is 5.01 Å². The number of carbonyl (C=O) groups excluding carboxylic acids is 1. The summed E-state index contributed by atoms with van der Waals surface area (Å²) in [6.07, 6.45) is 0.614. The number of ether oxygens (including phenoxy) is 2. The lowest BCUT2D eigenvalue weighted by atomic mass is 10.0. The molecule has 160 valence electrons. The Morgan fingerprint density at radius 3 is 2.61 bits per heavy atom. The van der Waals surface area contributed by atoms with Gasteiger partial charge >= 0.3 is 0 Å². The first-order valence-electron chi connectivity index (χ1n) is 9.62. The molecule has 0 saturated carbocycles. The van der Waals surface area contributed by atoms with Crippen molar-refractivity contribution >= 4 is 34.7 Å². The zero-order chi connectivity index (χ0) is 21.8. The maximum absolute atomic E-state index is 13.1. The summed E-state index contributed by atoms with van der Waals surface area (Å²) in [6, 6.07) is 15.5. The molecule has 31 heavy (non-hydrogen) atoms. The van der Waals surface area contributed by atoms with Crippen molar-refractivity contribution < 1.29 is 18.7 Å². The largest absolute Gasteiger partial charge is 0.493 e. The number of hydrogen-bond acceptors (Lipinski definition) is 6. The van der Waals surface area contributed by atoms with Gasteiger partial charge in [0.25, 0.3) is 5.91 Å². The average Bonchev–Trinajstić information content (AvgIpc) is 3.48. The van der Waals surface area contributed by atoms with Gasteiger partial charge in [0.1, 0.15) is 5.82 Å². The summed E-state index contributed by atoms with van der Waals surface area (Å²) in [7, 11) is 3.18. The van der Waals surface area contributed by atoms with Crippen LogP contribution in [-0.2, 0) is 4.79 Å². The zero-order valence-corrected chi connectivity index (χ0v) is 18.7. The highest BCUT2D eigenvalue weighted by atomic mass is 32.2. The number of hydrogen-bond donors (Lipinski definition) is 0. The van der Waals surface area contributed by atoms with Crippen molar-refractivity contribution in [1.29, 1.82) is 0 Å². The summed E-state index contributed by atoms with van der Waals surface area (Å²) in [4.78, 5) is 15.0. The van der Waals surface area contributed by atoms with Crippen molar-refractivity contribution in [3.8, 4) is 11.5 Å². The number of thiophene rings is 1. The van der Waals surface area contributed by atoms with Gasteiger partial charge in [0.05, 0.1) is 36.6 Å². The molecule has 1 atom stereocenters. The molecule has 1 unspecified atom stereocenters. The summed E-state index contributed by atoms with van der Waals surface area (Å²) in [5.41, 5.74) is 1.81. The lowest BCUT2D eigenvalue weighted by Crippen LogP contribution is -2.28. The van der Waals surface area contributed by atoms with Crippen LogP contribution in [0.5, 0.6) is 11.5 Å². The van der Waals surface area contributed by atoms with Gasteiger partial charge < -0.3 is 9.47 Å². The van der Waals surface area contributed by atoms with Gasteiger partial charge in [-0.2, -0.15) is 5.10 Å². The van der Waals surface area contributed by atoms with Crippen LogP contribution in [-0.4, -0.2) is 36.6 Å². The molecule has 1 aromatic heterocycles. The standard InChI is InChI=1S/C23H21FN2O3S2/c1-28-20-10-5-15(12-21(20)29-2)19-13-18(22-4-3-11-30-22)25-26(19)23(27)14-31-17-8-6-16(24)7-9-17/h3-12,19H,13-14H2,1-2H3. The molecule has 0 fully saturated rings. The van der Waals surface area contributed by atoms with Gasteiger partial charge in [0.15, 0.2) is 11.5 Å². The van der Waals surface area contributed by atoms with E-state index in [0.29, 0.717) is 17.9 Å². The summed E-state index contributed by atoms with van der Waals surface area (Å²) < 4.78 is 23.9. The van der Waals surface area contributed by atoms with E-state index in [1.807, 2.05) is 35.7 Å². The fourth-order valence-corrected chi connectivity index (χ4v) is 4.87. The fraction of sp³-hybridized carbons (Fsp3) is 0.217. The molecule has 5 nitrogen and oxygen atoms in total. The minimum atomic E-state index is -0.297. The first kappa shape index (κ1) is 21.4. The second-order valence-electron chi connectivity index (χ2n) is 6.84. The number of halogens is 1. The number of thioether (sulfide) groups is 1. The molecule has 0 spiro atoms. The Kier molecular flexibility index (Phi) is 6.58. The lowest BCUT2D eigenvalue weighted by Gasteiger charge is -2.23. The van der Waals surface area contributed by atoms with E-state index in [1.165, 1.54) is 23.9 Å².